The Bertz CT molecular complexity index is 2600. The van der Waals surface area contributed by atoms with Gasteiger partial charge in [-0.15, -0.1) is 0 Å². The lowest BCUT2D eigenvalue weighted by Crippen LogP contribution is -2.49. The molecule has 0 unspecified atom stereocenters. The molecule has 3 saturated heterocycles. The van der Waals surface area contributed by atoms with E-state index in [0.29, 0.717) is 30.3 Å². The van der Waals surface area contributed by atoms with Crippen molar-refractivity contribution in [3.63, 3.8) is 0 Å². The van der Waals surface area contributed by atoms with Gasteiger partial charge in [-0.2, -0.15) is 4.98 Å². The number of aromatic nitrogens is 5. The number of rotatable bonds is 11. The topological polar surface area (TPSA) is 189 Å². The Morgan fingerprint density at radius 3 is 2.19 bits per heavy atom. The normalized spacial score (nSPS) is 16.8. The third kappa shape index (κ3) is 9.13. The lowest BCUT2D eigenvalue weighted by Gasteiger charge is -2.40. The first-order valence-corrected chi connectivity index (χ1v) is 21.7. The van der Waals surface area contributed by atoms with Crippen molar-refractivity contribution < 1.29 is 24.0 Å². The van der Waals surface area contributed by atoms with Crippen molar-refractivity contribution in [2.75, 3.05) is 67.1 Å². The Morgan fingerprint density at radius 1 is 0.825 bits per heavy atom. The van der Waals surface area contributed by atoms with Gasteiger partial charge in [0.05, 0.1) is 12.3 Å². The molecule has 4 N–H and O–H groups in total. The summed E-state index contributed by atoms with van der Waals surface area (Å²) in [6.07, 6.45) is 4.17. The van der Waals surface area contributed by atoms with E-state index in [4.69, 9.17) is 4.52 Å². The summed E-state index contributed by atoms with van der Waals surface area (Å²) in [5.74, 6) is 0.325. The van der Waals surface area contributed by atoms with Crippen molar-refractivity contribution >= 4 is 45.9 Å². The number of piperidine rings is 1. The van der Waals surface area contributed by atoms with Crippen molar-refractivity contribution in [3.8, 4) is 22.5 Å². The smallest absolute Gasteiger partial charge is 0.328 e. The van der Waals surface area contributed by atoms with Crippen LogP contribution in [0.4, 0.5) is 21.9 Å². The Kier molecular flexibility index (Phi) is 11.7. The minimum Gasteiger partial charge on any atom is -0.392 e. The molecule has 0 saturated carbocycles. The molecule has 0 atom stereocenters. The number of carbonyl (C=O) groups is 3. The van der Waals surface area contributed by atoms with Gasteiger partial charge in [0.25, 0.3) is 0 Å². The average molecular weight is 852 g/mol. The lowest BCUT2D eigenvalue weighted by atomic mass is 9.95. The van der Waals surface area contributed by atoms with Crippen LogP contribution in [0, 0.1) is 5.92 Å². The number of benzene rings is 3. The number of hydrogen-bond acceptors (Lipinski definition) is 12. The van der Waals surface area contributed by atoms with Crippen LogP contribution in [0.5, 0.6) is 0 Å². The fraction of sp³-hybridized carbons (Fsp3) is 0.383. The van der Waals surface area contributed by atoms with Gasteiger partial charge in [0.2, 0.25) is 5.91 Å². The molecule has 3 aromatic carbocycles. The van der Waals surface area contributed by atoms with Crippen molar-refractivity contribution in [3.05, 3.63) is 102 Å². The summed E-state index contributed by atoms with van der Waals surface area (Å²) in [6, 6.07) is 24.2. The predicted molar refractivity (Wildman–Crippen MR) is 240 cm³/mol. The van der Waals surface area contributed by atoms with E-state index in [1.165, 1.54) is 11.4 Å². The third-order valence-electron chi connectivity index (χ3n) is 12.4. The van der Waals surface area contributed by atoms with E-state index in [-0.39, 0.29) is 36.4 Å². The molecule has 6 heterocycles. The minimum atomic E-state index is -0.478. The van der Waals surface area contributed by atoms with E-state index in [2.05, 4.69) is 92.9 Å². The van der Waals surface area contributed by atoms with E-state index < -0.39 is 5.91 Å². The molecule has 0 spiro atoms. The highest BCUT2D eigenvalue weighted by Gasteiger charge is 2.27. The van der Waals surface area contributed by atoms with Gasteiger partial charge < -0.3 is 29.7 Å². The highest BCUT2D eigenvalue weighted by molar-refractivity contribution is 6.05. The summed E-state index contributed by atoms with van der Waals surface area (Å²) in [5.41, 5.74) is 8.55. The second kappa shape index (κ2) is 17.6. The number of aliphatic hydroxyl groups is 1. The number of H-pyrrole nitrogens is 1. The maximum absolute atomic E-state index is 12.8. The van der Waals surface area contributed by atoms with Gasteiger partial charge in [-0.25, -0.2) is 14.8 Å². The molecule has 0 aliphatic carbocycles. The van der Waals surface area contributed by atoms with Crippen LogP contribution in [0.15, 0.2) is 83.6 Å². The molecule has 4 amide bonds. The van der Waals surface area contributed by atoms with Crippen molar-refractivity contribution in [2.45, 2.75) is 58.6 Å². The fourth-order valence-electron chi connectivity index (χ4n) is 8.72. The lowest BCUT2D eigenvalue weighted by molar-refractivity contribution is -0.120. The van der Waals surface area contributed by atoms with Gasteiger partial charge in [-0.3, -0.25) is 24.7 Å². The molecule has 0 radical (unpaired) electrons. The minimum absolute atomic E-state index is 0.100. The Labute approximate surface area is 365 Å². The first kappa shape index (κ1) is 41.7. The standard InChI is InChI=1S/C47H53N11O5/c1-47(2,3)45-53-44(63-54-45)43(61)48-26-33-5-4-32(24-34(33)28-59)41-38-25-39(51-42(38)50-29-49-41)31-6-8-35(9-7-31)57-22-20-55(21-23-57)27-30-14-17-56(18-15-30)36-10-12-37(13-11-36)58-19-16-40(60)52-46(58)62/h4-13,24-25,29-30,59H,14-23,26-28H2,1-3H3,(H,48,61)(H,49,50,51)(H,52,60,62). The first-order chi connectivity index (χ1) is 30.5. The molecule has 16 heteroatoms. The summed E-state index contributed by atoms with van der Waals surface area (Å²) in [5, 5.41) is 20.3. The average Bonchev–Trinajstić information content (AvgIpc) is 3.99. The van der Waals surface area contributed by atoms with Gasteiger partial charge in [-0.1, -0.05) is 50.2 Å². The maximum atomic E-state index is 12.8. The Morgan fingerprint density at radius 2 is 1.51 bits per heavy atom. The largest absolute Gasteiger partial charge is 0.392 e. The SMILES string of the molecule is CC(C)(C)c1noc(C(=O)NCc2ccc(-c3ncnc4[nH]c(-c5ccc(N6CCN(CC7CCN(c8ccc(N9CCC(=O)NC9=O)cc8)CC7)CC6)cc5)cc34)cc2CO)n1. The van der Waals surface area contributed by atoms with Crippen LogP contribution < -0.4 is 25.3 Å². The van der Waals surface area contributed by atoms with Gasteiger partial charge in [0.15, 0.2) is 5.82 Å². The van der Waals surface area contributed by atoms with Crippen LogP contribution >= 0.6 is 0 Å². The summed E-state index contributed by atoms with van der Waals surface area (Å²) < 4.78 is 5.18. The number of aromatic amines is 1. The Balaban J connectivity index is 0.768. The molecule has 9 rings (SSSR count). The van der Waals surface area contributed by atoms with E-state index >= 15 is 0 Å². The van der Waals surface area contributed by atoms with E-state index in [1.807, 2.05) is 51.1 Å². The molecule has 63 heavy (non-hydrogen) atoms. The zero-order valence-corrected chi connectivity index (χ0v) is 35.9. The molecule has 3 aliphatic rings. The van der Waals surface area contributed by atoms with Gasteiger partial charge in [0.1, 0.15) is 12.0 Å². The molecule has 326 valence electrons. The van der Waals surface area contributed by atoms with Crippen molar-refractivity contribution in [2.24, 2.45) is 5.92 Å². The van der Waals surface area contributed by atoms with Crippen molar-refractivity contribution in [1.29, 1.82) is 0 Å². The second-order valence-corrected chi connectivity index (χ2v) is 17.7. The Hall–Kier alpha value is -6.65. The summed E-state index contributed by atoms with van der Waals surface area (Å²) in [4.78, 5) is 62.6. The molecule has 3 fully saturated rings. The quantitative estimate of drug-likeness (QED) is 0.121. The number of aliphatic hydroxyl groups excluding tert-OH is 1. The summed E-state index contributed by atoms with van der Waals surface area (Å²) >= 11 is 0. The zero-order chi connectivity index (χ0) is 43.7. The second-order valence-electron chi connectivity index (χ2n) is 17.7. The van der Waals surface area contributed by atoms with E-state index in [1.54, 1.807) is 11.2 Å². The number of piperazine rings is 1. The van der Waals surface area contributed by atoms with Gasteiger partial charge in [0, 0.05) is 104 Å². The third-order valence-corrected chi connectivity index (χ3v) is 12.4. The molecule has 3 aliphatic heterocycles. The molecular weight excluding hydrogens is 799 g/mol. The van der Waals surface area contributed by atoms with Crippen molar-refractivity contribution in [1.82, 2.24) is 40.6 Å². The van der Waals surface area contributed by atoms with Crippen LogP contribution in [0.1, 0.15) is 67.7 Å². The highest BCUT2D eigenvalue weighted by atomic mass is 16.5. The summed E-state index contributed by atoms with van der Waals surface area (Å²) in [6.45, 7) is 13.4. The van der Waals surface area contributed by atoms with Crippen LogP contribution in [-0.2, 0) is 23.4 Å². The molecule has 0 bridgehead atoms. The summed E-state index contributed by atoms with van der Waals surface area (Å²) in [7, 11) is 0. The highest BCUT2D eigenvalue weighted by Crippen LogP contribution is 2.33. The number of imide groups is 1. The van der Waals surface area contributed by atoms with Gasteiger partial charge >= 0.3 is 17.8 Å². The molecule has 16 nitrogen and oxygen atoms in total. The number of anilines is 3. The number of hydrogen-bond donors (Lipinski definition) is 4. The van der Waals surface area contributed by atoms with Gasteiger partial charge in [-0.05, 0) is 84.0 Å². The molecule has 6 aromatic rings. The maximum Gasteiger partial charge on any atom is 0.328 e. The van der Waals surface area contributed by atoms with Crippen LogP contribution in [-0.4, -0.2) is 105 Å². The monoisotopic (exact) mass is 851 g/mol. The number of amides is 4. The van der Waals surface area contributed by atoms with E-state index in [9.17, 15) is 19.5 Å². The fourth-order valence-corrected chi connectivity index (χ4v) is 8.72. The van der Waals surface area contributed by atoms with Crippen LogP contribution in [0.3, 0.4) is 0 Å². The zero-order valence-electron chi connectivity index (χ0n) is 35.9. The van der Waals surface area contributed by atoms with Crippen LogP contribution in [0.2, 0.25) is 0 Å². The van der Waals surface area contributed by atoms with Crippen LogP contribution in [0.25, 0.3) is 33.5 Å². The number of urea groups is 1. The first-order valence-electron chi connectivity index (χ1n) is 21.7. The number of fused-ring (bicyclic) bond motifs is 1. The number of nitrogens with zero attached hydrogens (tertiary/aromatic N) is 8. The molecular formula is C47H53N11O5. The van der Waals surface area contributed by atoms with E-state index in [0.717, 1.165) is 103 Å². The number of carbonyl (C=O) groups excluding carboxylic acids is 3. The predicted octanol–water partition coefficient (Wildman–Crippen LogP) is 5.88. The molecule has 3 aromatic heterocycles. The number of nitrogens with one attached hydrogen (secondary N) is 3.